The second-order valence-electron chi connectivity index (χ2n) is 18.5. The monoisotopic (exact) mass is 1050 g/mol. The maximum atomic E-state index is 14.4. The smallest absolute Gasteiger partial charge is 0.345 e. The van der Waals surface area contributed by atoms with Crippen molar-refractivity contribution in [3.05, 3.63) is 124 Å². The highest BCUT2D eigenvalue weighted by molar-refractivity contribution is 7.22. The lowest BCUT2D eigenvalue weighted by Crippen LogP contribution is -2.49. The fourth-order valence-corrected chi connectivity index (χ4v) is 10.9. The van der Waals surface area contributed by atoms with E-state index in [0.29, 0.717) is 107 Å². The average Bonchev–Trinajstić information content (AvgIpc) is 3.79. The van der Waals surface area contributed by atoms with Crippen LogP contribution in [0.1, 0.15) is 22.4 Å². The number of carboxylic acids is 1. The van der Waals surface area contributed by atoms with E-state index < -0.39 is 24.0 Å². The lowest BCUT2D eigenvalue weighted by atomic mass is 9.92. The Labute approximate surface area is 436 Å². The van der Waals surface area contributed by atoms with Crippen LogP contribution in [0.4, 0.5) is 4.39 Å². The van der Waals surface area contributed by atoms with Crippen LogP contribution in [0.25, 0.3) is 43.2 Å². The van der Waals surface area contributed by atoms with Gasteiger partial charge in [0.2, 0.25) is 12.0 Å². The molecule has 7 heterocycles. The Morgan fingerprint density at radius 2 is 1.62 bits per heavy atom. The molecule has 4 aliphatic heterocycles. The number of halogens is 3. The summed E-state index contributed by atoms with van der Waals surface area (Å²) < 4.78 is 52.5. The number of hydrogen-bond donors (Lipinski definition) is 1. The molecule has 7 aromatic rings. The van der Waals surface area contributed by atoms with E-state index >= 15 is 0 Å². The van der Waals surface area contributed by atoms with Gasteiger partial charge in [0.05, 0.1) is 40.4 Å². The van der Waals surface area contributed by atoms with Gasteiger partial charge in [-0.3, -0.25) is 9.80 Å². The minimum absolute atomic E-state index is 0.0225. The molecule has 0 radical (unpaired) electrons. The number of carbonyl (C=O) groups is 1. The number of fused-ring (bicyclic) bond motifs is 7. The van der Waals surface area contributed by atoms with Gasteiger partial charge in [-0.05, 0) is 111 Å². The Balaban J connectivity index is 1.00. The van der Waals surface area contributed by atoms with Gasteiger partial charge in [0.25, 0.3) is 0 Å². The van der Waals surface area contributed by atoms with Crippen LogP contribution in [-0.2, 0) is 22.6 Å². The van der Waals surface area contributed by atoms with Gasteiger partial charge in [0, 0.05) is 73.5 Å². The van der Waals surface area contributed by atoms with Crippen LogP contribution in [0.3, 0.4) is 0 Å². The van der Waals surface area contributed by atoms with E-state index in [4.69, 9.17) is 56.6 Å². The lowest BCUT2D eigenvalue weighted by Gasteiger charge is -2.35. The van der Waals surface area contributed by atoms with E-state index in [-0.39, 0.29) is 31.6 Å². The van der Waals surface area contributed by atoms with Crippen molar-refractivity contribution in [1.29, 1.82) is 0 Å². The number of aliphatic carboxylic acids is 1. The van der Waals surface area contributed by atoms with Gasteiger partial charge >= 0.3 is 5.97 Å². The molecule has 3 atom stereocenters. The van der Waals surface area contributed by atoms with E-state index in [0.717, 1.165) is 50.6 Å². The molecule has 4 aromatic carbocycles. The summed E-state index contributed by atoms with van der Waals surface area (Å²) in [5.41, 5.74) is 5.14. The molecule has 4 aliphatic rings. The van der Waals surface area contributed by atoms with Crippen molar-refractivity contribution in [2.24, 2.45) is 0 Å². The Bertz CT molecular complexity index is 3090. The minimum Gasteiger partial charge on any atom is -0.492 e. The number of piperazine rings is 1. The SMILES string of the molecule is Cc1c(Cl)c2c(Cl)c(C)c1-c1c(-c3ccc(F)cc3)sc3ncnc(c13)O[C@@H](C(=O)O)Cc1cc(ccc1OCc1ccnc(-c3ccc(OC[C@H]4COCCN4C)cc3)n1)OC[C@@H](CN1CCN(C)CC1)O2. The normalized spacial score (nSPS) is 18.9. The number of hydrogen-bond acceptors (Lipinski definition) is 15. The molecular weight excluding hydrogens is 997 g/mol. The zero-order chi connectivity index (χ0) is 50.8. The van der Waals surface area contributed by atoms with Crippen molar-refractivity contribution in [2.45, 2.75) is 45.1 Å². The summed E-state index contributed by atoms with van der Waals surface area (Å²) >= 11 is 16.0. The summed E-state index contributed by atoms with van der Waals surface area (Å²) in [4.78, 5) is 40.0. The van der Waals surface area contributed by atoms with E-state index in [9.17, 15) is 14.3 Å². The maximum absolute atomic E-state index is 14.4. The summed E-state index contributed by atoms with van der Waals surface area (Å²) in [6, 6.07) is 21.0. The van der Waals surface area contributed by atoms with Crippen molar-refractivity contribution in [3.63, 3.8) is 0 Å². The van der Waals surface area contributed by atoms with Crippen LogP contribution in [0.2, 0.25) is 10.0 Å². The fourth-order valence-electron chi connectivity index (χ4n) is 9.29. The number of ether oxygens (including phenoxy) is 6. The molecule has 1 N–H and O–H groups in total. The average molecular weight is 1050 g/mol. The van der Waals surface area contributed by atoms with E-state index in [1.54, 1.807) is 42.6 Å². The number of carboxylic acid groups (broad SMARTS) is 1. The molecule has 380 valence electrons. The van der Waals surface area contributed by atoms with Crippen LogP contribution in [0.15, 0.2) is 85.3 Å². The molecule has 2 fully saturated rings. The van der Waals surface area contributed by atoms with E-state index in [1.807, 2.05) is 38.1 Å². The maximum Gasteiger partial charge on any atom is 0.345 e. The molecule has 4 bridgehead atoms. The molecular formula is C54H54Cl2FN7O8S. The molecule has 0 unspecified atom stereocenters. The van der Waals surface area contributed by atoms with Crippen LogP contribution in [0.5, 0.6) is 28.9 Å². The first-order valence-electron chi connectivity index (χ1n) is 24.1. The second kappa shape index (κ2) is 22.1. The van der Waals surface area contributed by atoms with Crippen LogP contribution in [0, 0.1) is 19.7 Å². The summed E-state index contributed by atoms with van der Waals surface area (Å²) in [5, 5.41) is 12.0. The molecule has 11 rings (SSSR count). The van der Waals surface area contributed by atoms with E-state index in [1.165, 1.54) is 29.8 Å². The molecule has 0 aliphatic carbocycles. The number of aromatic nitrogens is 4. The zero-order valence-corrected chi connectivity index (χ0v) is 43.1. The van der Waals surface area contributed by atoms with Crippen LogP contribution < -0.4 is 23.7 Å². The first kappa shape index (κ1) is 50.4. The molecule has 0 saturated carbocycles. The molecule has 2 saturated heterocycles. The van der Waals surface area contributed by atoms with Crippen LogP contribution in [-0.4, -0.2) is 144 Å². The number of thiophene rings is 1. The number of benzene rings is 4. The van der Waals surface area contributed by atoms with Gasteiger partial charge in [-0.2, -0.15) is 0 Å². The standard InChI is InChI=1S/C54H54Cl2FN7O8S/c1-31-44-32(2)48(56)49(47(31)55)71-41(25-64-19-17-62(3)18-20-64)29-69-40-13-14-42(70-26-37-15-16-58-51(61-37)34-7-11-39(12-8-34)68-28-38-27-67-22-21-63(38)4)35(23-40)24-43(54(65)66)72-52-46-45(44)50(73-53(46)60-30-59-52)33-5-9-36(57)10-6-33/h5-16,23,30,38,41,43H,17-22,24-29H2,1-4H3,(H,65,66)/t38-,41-,43-/m1/s1. The van der Waals surface area contributed by atoms with Crippen molar-refractivity contribution < 1.29 is 42.7 Å². The van der Waals surface area contributed by atoms with E-state index in [2.05, 4.69) is 43.7 Å². The molecule has 15 nitrogen and oxygen atoms in total. The Morgan fingerprint density at radius 3 is 2.36 bits per heavy atom. The lowest BCUT2D eigenvalue weighted by molar-refractivity contribution is -0.145. The third kappa shape index (κ3) is 11.2. The summed E-state index contributed by atoms with van der Waals surface area (Å²) in [5.74, 6) is 0.773. The highest BCUT2D eigenvalue weighted by Gasteiger charge is 2.32. The summed E-state index contributed by atoms with van der Waals surface area (Å²) in [7, 11) is 4.18. The molecule has 73 heavy (non-hydrogen) atoms. The van der Waals surface area contributed by atoms with Crippen molar-refractivity contribution in [3.8, 4) is 61.8 Å². The molecule has 3 aromatic heterocycles. The molecule has 19 heteroatoms. The van der Waals surface area contributed by atoms with Crippen molar-refractivity contribution in [1.82, 2.24) is 34.6 Å². The first-order valence-corrected chi connectivity index (χ1v) is 25.6. The predicted molar refractivity (Wildman–Crippen MR) is 278 cm³/mol. The predicted octanol–water partition coefficient (Wildman–Crippen LogP) is 9.30. The highest BCUT2D eigenvalue weighted by Crippen LogP contribution is 2.53. The van der Waals surface area contributed by atoms with Crippen molar-refractivity contribution >= 4 is 50.7 Å². The van der Waals surface area contributed by atoms with Crippen molar-refractivity contribution in [2.75, 3.05) is 79.8 Å². The van der Waals surface area contributed by atoms with Gasteiger partial charge in [0.15, 0.2) is 11.6 Å². The molecule has 0 amide bonds. The highest BCUT2D eigenvalue weighted by atomic mass is 35.5. The Kier molecular flexibility index (Phi) is 15.3. The summed E-state index contributed by atoms with van der Waals surface area (Å²) in [6.45, 7) is 10.6. The Hall–Kier alpha value is -6.18. The number of morpholine rings is 1. The second-order valence-corrected chi connectivity index (χ2v) is 20.3. The van der Waals surface area contributed by atoms with Gasteiger partial charge in [-0.1, -0.05) is 35.3 Å². The third-order valence-electron chi connectivity index (χ3n) is 13.5. The van der Waals surface area contributed by atoms with Crippen LogP contribution >= 0.6 is 34.5 Å². The third-order valence-corrected chi connectivity index (χ3v) is 15.6. The summed E-state index contributed by atoms with van der Waals surface area (Å²) in [6.07, 6.45) is 0.830. The first-order chi connectivity index (χ1) is 35.4. The number of rotatable bonds is 11. The van der Waals surface area contributed by atoms with Gasteiger partial charge in [0.1, 0.15) is 60.1 Å². The minimum atomic E-state index is -1.48. The topological polar surface area (TPSA) is 154 Å². The zero-order valence-electron chi connectivity index (χ0n) is 40.8. The number of likely N-dealkylation sites (N-methyl/N-ethyl adjacent to an activating group) is 2. The van der Waals surface area contributed by atoms with Gasteiger partial charge in [-0.15, -0.1) is 11.3 Å². The quantitative estimate of drug-likeness (QED) is 0.131. The fraction of sp³-hybridized carbons (Fsp3) is 0.352. The number of nitrogens with zero attached hydrogens (tertiary/aromatic N) is 7. The largest absolute Gasteiger partial charge is 0.492 e. The van der Waals surface area contributed by atoms with Gasteiger partial charge < -0.3 is 38.4 Å². The van der Waals surface area contributed by atoms with Gasteiger partial charge in [-0.25, -0.2) is 29.1 Å². The molecule has 0 spiro atoms. The Morgan fingerprint density at radius 1 is 0.863 bits per heavy atom.